The molecule has 4 unspecified atom stereocenters. The molecule has 1 heterocycles. The van der Waals surface area contributed by atoms with Gasteiger partial charge in [0.25, 0.3) is 0 Å². The maximum atomic E-state index is 6.31. The molecule has 1 aliphatic rings. The van der Waals surface area contributed by atoms with Gasteiger partial charge in [-0.25, -0.2) is 0 Å². The summed E-state index contributed by atoms with van der Waals surface area (Å²) in [5.41, 5.74) is 8.97. The van der Waals surface area contributed by atoms with Crippen molar-refractivity contribution in [2.75, 3.05) is 27.2 Å². The molecule has 2 N–H and O–H groups in total. The quantitative estimate of drug-likeness (QED) is 0.915. The van der Waals surface area contributed by atoms with Gasteiger partial charge in [-0.05, 0) is 39.4 Å². The average Bonchev–Trinajstić information content (AvgIpc) is 2.71. The zero-order chi connectivity index (χ0) is 14.9. The van der Waals surface area contributed by atoms with Gasteiger partial charge in [0.05, 0.1) is 0 Å². The molecule has 0 spiro atoms. The van der Waals surface area contributed by atoms with Crippen LogP contribution in [0.25, 0.3) is 0 Å². The molecule has 1 aromatic carbocycles. The van der Waals surface area contributed by atoms with Crippen LogP contribution in [-0.4, -0.2) is 49.1 Å². The first kappa shape index (κ1) is 15.5. The second kappa shape index (κ2) is 6.25. The Kier molecular flexibility index (Phi) is 4.84. The lowest BCUT2D eigenvalue weighted by atomic mass is 9.98. The molecule has 4 atom stereocenters. The number of hydrogen-bond acceptors (Lipinski definition) is 3. The van der Waals surface area contributed by atoms with Gasteiger partial charge in [-0.2, -0.15) is 0 Å². The van der Waals surface area contributed by atoms with E-state index in [1.165, 1.54) is 11.1 Å². The largest absolute Gasteiger partial charge is 0.326 e. The Morgan fingerprint density at radius 3 is 2.50 bits per heavy atom. The first-order valence-corrected chi connectivity index (χ1v) is 7.62. The smallest absolute Gasteiger partial charge is 0.0497 e. The topological polar surface area (TPSA) is 32.5 Å². The maximum absolute atomic E-state index is 6.31. The van der Waals surface area contributed by atoms with Crippen LogP contribution in [0.15, 0.2) is 24.3 Å². The molecule has 3 heteroatoms. The van der Waals surface area contributed by atoms with Crippen LogP contribution in [0.4, 0.5) is 0 Å². The summed E-state index contributed by atoms with van der Waals surface area (Å²) < 4.78 is 0. The third kappa shape index (κ3) is 3.22. The van der Waals surface area contributed by atoms with E-state index in [-0.39, 0.29) is 6.04 Å². The van der Waals surface area contributed by atoms with Crippen molar-refractivity contribution in [1.29, 1.82) is 0 Å². The van der Waals surface area contributed by atoms with E-state index in [4.69, 9.17) is 5.73 Å². The summed E-state index contributed by atoms with van der Waals surface area (Å²) in [4.78, 5) is 4.91. The highest BCUT2D eigenvalue weighted by Gasteiger charge is 2.36. The maximum Gasteiger partial charge on any atom is 0.0497 e. The third-order valence-corrected chi connectivity index (χ3v) is 4.54. The fraction of sp³-hybridized carbons (Fsp3) is 0.647. The van der Waals surface area contributed by atoms with Crippen LogP contribution in [0.2, 0.25) is 0 Å². The van der Waals surface area contributed by atoms with E-state index in [0.29, 0.717) is 18.0 Å². The molecule has 1 fully saturated rings. The van der Waals surface area contributed by atoms with Crippen molar-refractivity contribution in [2.45, 2.75) is 38.9 Å². The Balaban J connectivity index is 2.23. The van der Waals surface area contributed by atoms with Crippen molar-refractivity contribution in [2.24, 2.45) is 11.7 Å². The van der Waals surface area contributed by atoms with E-state index in [2.05, 4.69) is 68.9 Å². The highest BCUT2D eigenvalue weighted by Crippen LogP contribution is 2.31. The number of hydrogen-bond donors (Lipinski definition) is 1. The lowest BCUT2D eigenvalue weighted by molar-refractivity contribution is 0.197. The number of aryl methyl sites for hydroxylation is 1. The molecular formula is C17H29N3. The number of likely N-dealkylation sites (tertiary alicyclic amines) is 1. The van der Waals surface area contributed by atoms with Gasteiger partial charge in [-0.15, -0.1) is 0 Å². The SMILES string of the molecule is Cc1cccc(C(C(C)N)N2CC(C)C(N(C)C)C2)c1. The Morgan fingerprint density at radius 2 is 2.00 bits per heavy atom. The Bertz CT molecular complexity index is 442. The molecule has 1 saturated heterocycles. The molecule has 1 aromatic rings. The van der Waals surface area contributed by atoms with E-state index in [0.717, 1.165) is 13.1 Å². The van der Waals surface area contributed by atoms with Crippen LogP contribution >= 0.6 is 0 Å². The zero-order valence-corrected chi connectivity index (χ0v) is 13.5. The van der Waals surface area contributed by atoms with Crippen LogP contribution in [0.5, 0.6) is 0 Å². The Labute approximate surface area is 123 Å². The van der Waals surface area contributed by atoms with Gasteiger partial charge in [0.1, 0.15) is 0 Å². The van der Waals surface area contributed by atoms with Gasteiger partial charge in [0.2, 0.25) is 0 Å². The van der Waals surface area contributed by atoms with Crippen LogP contribution < -0.4 is 5.73 Å². The van der Waals surface area contributed by atoms with E-state index >= 15 is 0 Å². The van der Waals surface area contributed by atoms with Gasteiger partial charge in [-0.1, -0.05) is 36.8 Å². The summed E-state index contributed by atoms with van der Waals surface area (Å²) in [5, 5.41) is 0. The zero-order valence-electron chi connectivity index (χ0n) is 13.5. The van der Waals surface area contributed by atoms with Crippen molar-refractivity contribution in [1.82, 2.24) is 9.80 Å². The monoisotopic (exact) mass is 275 g/mol. The van der Waals surface area contributed by atoms with Gasteiger partial charge < -0.3 is 10.6 Å². The first-order chi connectivity index (χ1) is 9.40. The molecule has 3 nitrogen and oxygen atoms in total. The predicted molar refractivity (Wildman–Crippen MR) is 85.8 cm³/mol. The lowest BCUT2D eigenvalue weighted by Gasteiger charge is -2.32. The fourth-order valence-corrected chi connectivity index (χ4v) is 3.59. The molecule has 0 radical (unpaired) electrons. The minimum Gasteiger partial charge on any atom is -0.326 e. The number of rotatable bonds is 4. The molecule has 0 aliphatic carbocycles. The van der Waals surface area contributed by atoms with E-state index in [1.807, 2.05) is 0 Å². The van der Waals surface area contributed by atoms with Crippen molar-refractivity contribution in [3.63, 3.8) is 0 Å². The molecule has 0 amide bonds. The minimum atomic E-state index is 0.143. The number of benzene rings is 1. The molecule has 112 valence electrons. The van der Waals surface area contributed by atoms with Crippen molar-refractivity contribution < 1.29 is 0 Å². The van der Waals surface area contributed by atoms with Gasteiger partial charge in [0.15, 0.2) is 0 Å². The molecule has 2 rings (SSSR count). The van der Waals surface area contributed by atoms with Crippen LogP contribution in [0.3, 0.4) is 0 Å². The summed E-state index contributed by atoms with van der Waals surface area (Å²) >= 11 is 0. The summed E-state index contributed by atoms with van der Waals surface area (Å²) in [5.74, 6) is 0.691. The lowest BCUT2D eigenvalue weighted by Crippen LogP contribution is -2.40. The second-order valence-electron chi connectivity index (χ2n) is 6.68. The summed E-state index contributed by atoms with van der Waals surface area (Å²) in [6.45, 7) is 8.86. The van der Waals surface area contributed by atoms with Crippen molar-refractivity contribution in [3.8, 4) is 0 Å². The number of nitrogens with two attached hydrogens (primary N) is 1. The van der Waals surface area contributed by atoms with Crippen LogP contribution in [0.1, 0.15) is 31.0 Å². The van der Waals surface area contributed by atoms with Crippen LogP contribution in [-0.2, 0) is 0 Å². The molecular weight excluding hydrogens is 246 g/mol. The first-order valence-electron chi connectivity index (χ1n) is 7.62. The minimum absolute atomic E-state index is 0.143. The summed E-state index contributed by atoms with van der Waals surface area (Å²) in [6, 6.07) is 9.88. The summed E-state index contributed by atoms with van der Waals surface area (Å²) in [7, 11) is 4.36. The van der Waals surface area contributed by atoms with Crippen molar-refractivity contribution >= 4 is 0 Å². The van der Waals surface area contributed by atoms with Gasteiger partial charge in [0, 0.05) is 31.2 Å². The molecule has 1 aliphatic heterocycles. The van der Waals surface area contributed by atoms with Crippen molar-refractivity contribution in [3.05, 3.63) is 35.4 Å². The van der Waals surface area contributed by atoms with E-state index < -0.39 is 0 Å². The van der Waals surface area contributed by atoms with Gasteiger partial charge >= 0.3 is 0 Å². The molecule has 0 aromatic heterocycles. The predicted octanol–water partition coefficient (Wildman–Crippen LogP) is 2.27. The van der Waals surface area contributed by atoms with E-state index in [1.54, 1.807) is 0 Å². The fourth-order valence-electron chi connectivity index (χ4n) is 3.59. The molecule has 0 bridgehead atoms. The molecule has 0 saturated carbocycles. The van der Waals surface area contributed by atoms with Crippen LogP contribution in [0, 0.1) is 12.8 Å². The second-order valence-corrected chi connectivity index (χ2v) is 6.68. The van der Waals surface area contributed by atoms with Gasteiger partial charge in [-0.3, -0.25) is 4.90 Å². The number of likely N-dealkylation sites (N-methyl/N-ethyl adjacent to an activating group) is 1. The highest BCUT2D eigenvalue weighted by molar-refractivity contribution is 5.26. The molecule has 20 heavy (non-hydrogen) atoms. The standard InChI is InChI=1S/C17H29N3/c1-12-7-6-8-15(9-12)17(14(3)18)20-10-13(2)16(11-20)19(4)5/h6-9,13-14,16-17H,10-11,18H2,1-5H3. The van der Waals surface area contributed by atoms with E-state index in [9.17, 15) is 0 Å². The Morgan fingerprint density at radius 1 is 1.30 bits per heavy atom. The Hall–Kier alpha value is -0.900. The average molecular weight is 275 g/mol. The third-order valence-electron chi connectivity index (χ3n) is 4.54. The highest BCUT2D eigenvalue weighted by atomic mass is 15.3. The summed E-state index contributed by atoms with van der Waals surface area (Å²) in [6.07, 6.45) is 0. The normalized spacial score (nSPS) is 26.9. The number of nitrogens with zero attached hydrogens (tertiary/aromatic N) is 2.